The first-order chi connectivity index (χ1) is 15.3. The smallest absolute Gasteiger partial charge is 0.281 e. The fourth-order valence-corrected chi connectivity index (χ4v) is 3.32. The van der Waals surface area contributed by atoms with Crippen LogP contribution in [0.3, 0.4) is 0 Å². The molecule has 0 bridgehead atoms. The Labute approximate surface area is 188 Å². The van der Waals surface area contributed by atoms with Crippen molar-refractivity contribution >= 4 is 17.3 Å². The quantitative estimate of drug-likeness (QED) is 0.413. The van der Waals surface area contributed by atoms with Crippen molar-refractivity contribution in [1.82, 2.24) is 9.47 Å². The Balaban J connectivity index is 2.51. The molecule has 1 aromatic heterocycles. The van der Waals surface area contributed by atoms with Crippen LogP contribution in [-0.2, 0) is 13.0 Å². The summed E-state index contributed by atoms with van der Waals surface area (Å²) in [5.74, 6) is -0.423. The largest absolute Gasteiger partial charge is 0.493 e. The highest BCUT2D eigenvalue weighted by Gasteiger charge is 2.21. The summed E-state index contributed by atoms with van der Waals surface area (Å²) >= 11 is 0. The molecule has 2 aromatic rings. The van der Waals surface area contributed by atoms with Crippen LogP contribution in [0, 0.1) is 11.3 Å². The number of carbonyl (C=O) groups is 1. The summed E-state index contributed by atoms with van der Waals surface area (Å²) in [6, 6.07) is 8.64. The van der Waals surface area contributed by atoms with E-state index in [1.54, 1.807) is 38.4 Å². The number of nitriles is 1. The number of hydrogen-bond donors (Lipinski definition) is 1. The van der Waals surface area contributed by atoms with Crippen molar-refractivity contribution in [2.24, 2.45) is 10.2 Å². The normalized spacial score (nSPS) is 11.0. The highest BCUT2D eigenvalue weighted by molar-refractivity contribution is 5.94. The van der Waals surface area contributed by atoms with E-state index in [1.807, 2.05) is 19.9 Å². The van der Waals surface area contributed by atoms with Gasteiger partial charge in [0.2, 0.25) is 5.88 Å². The van der Waals surface area contributed by atoms with Crippen LogP contribution in [0.25, 0.3) is 0 Å². The molecule has 0 saturated heterocycles. The van der Waals surface area contributed by atoms with Gasteiger partial charge in [-0.05, 0) is 43.5 Å². The van der Waals surface area contributed by atoms with Crippen molar-refractivity contribution in [3.8, 4) is 11.9 Å². The number of unbranched alkanes of at least 4 members (excludes halogenated alkanes) is 3. The van der Waals surface area contributed by atoms with Crippen LogP contribution >= 0.6 is 0 Å². The Kier molecular flexibility index (Phi) is 9.14. The Morgan fingerprint density at radius 1 is 1.09 bits per heavy atom. The highest BCUT2D eigenvalue weighted by atomic mass is 16.3. The molecule has 0 aliphatic rings. The second-order valence-corrected chi connectivity index (χ2v) is 7.85. The summed E-state index contributed by atoms with van der Waals surface area (Å²) < 4.78 is 1.22. The van der Waals surface area contributed by atoms with Crippen LogP contribution < -0.4 is 5.56 Å². The van der Waals surface area contributed by atoms with Crippen LogP contribution in [-0.4, -0.2) is 34.6 Å². The minimum absolute atomic E-state index is 0.0791. The van der Waals surface area contributed by atoms with Gasteiger partial charge in [0.15, 0.2) is 5.69 Å². The van der Waals surface area contributed by atoms with E-state index < -0.39 is 5.56 Å². The molecule has 8 heteroatoms. The van der Waals surface area contributed by atoms with Crippen LogP contribution in [0.15, 0.2) is 39.3 Å². The van der Waals surface area contributed by atoms with Crippen molar-refractivity contribution in [3.05, 3.63) is 51.3 Å². The first-order valence-corrected chi connectivity index (χ1v) is 11.0. The lowest BCUT2D eigenvalue weighted by Crippen LogP contribution is -2.22. The average molecular weight is 438 g/mol. The van der Waals surface area contributed by atoms with E-state index in [0.29, 0.717) is 36.2 Å². The Hall–Kier alpha value is -3.47. The van der Waals surface area contributed by atoms with Gasteiger partial charge in [-0.3, -0.25) is 14.2 Å². The molecule has 170 valence electrons. The van der Waals surface area contributed by atoms with Crippen LogP contribution in [0.4, 0.5) is 11.4 Å². The van der Waals surface area contributed by atoms with E-state index >= 15 is 0 Å². The number of azo groups is 1. The Bertz CT molecular complexity index is 1060. The van der Waals surface area contributed by atoms with E-state index in [0.717, 1.165) is 25.7 Å². The van der Waals surface area contributed by atoms with E-state index in [4.69, 9.17) is 0 Å². The molecule has 0 saturated carbocycles. The minimum atomic E-state index is -0.452. The molecule has 0 unspecified atom stereocenters. The molecule has 0 radical (unpaired) electrons. The number of hydrogen-bond acceptors (Lipinski definition) is 6. The number of carbonyl (C=O) groups excluding carboxylic acids is 1. The molecule has 8 nitrogen and oxygen atoms in total. The summed E-state index contributed by atoms with van der Waals surface area (Å²) in [4.78, 5) is 26.7. The van der Waals surface area contributed by atoms with Crippen molar-refractivity contribution < 1.29 is 9.90 Å². The lowest BCUT2D eigenvalue weighted by Gasteiger charge is -2.14. The van der Waals surface area contributed by atoms with Crippen LogP contribution in [0.5, 0.6) is 5.88 Å². The fraction of sp³-hybridized carbons (Fsp3) is 0.458. The van der Waals surface area contributed by atoms with Gasteiger partial charge in [0, 0.05) is 31.8 Å². The zero-order valence-electron chi connectivity index (χ0n) is 19.3. The van der Waals surface area contributed by atoms with Crippen molar-refractivity contribution in [2.45, 2.75) is 58.9 Å². The summed E-state index contributed by atoms with van der Waals surface area (Å²) in [6.45, 7) is 4.37. The van der Waals surface area contributed by atoms with Crippen LogP contribution in [0.2, 0.25) is 0 Å². The van der Waals surface area contributed by atoms with Gasteiger partial charge < -0.3 is 10.0 Å². The first-order valence-electron chi connectivity index (χ1n) is 11.0. The molecular formula is C24H31N5O3. The SMILES string of the molecule is CCCCCn1c(O)c(C#N)c(CCCC)c(N=Nc2ccc(C(=O)N(C)C)cc2)c1=O. The molecule has 1 heterocycles. The summed E-state index contributed by atoms with van der Waals surface area (Å²) in [7, 11) is 3.36. The zero-order chi connectivity index (χ0) is 23.7. The molecule has 0 atom stereocenters. The first kappa shape index (κ1) is 24.8. The van der Waals surface area contributed by atoms with Gasteiger partial charge in [-0.15, -0.1) is 5.11 Å². The van der Waals surface area contributed by atoms with E-state index in [9.17, 15) is 20.0 Å². The van der Waals surface area contributed by atoms with Gasteiger partial charge in [0.05, 0.1) is 5.69 Å². The third-order valence-electron chi connectivity index (χ3n) is 5.18. The van der Waals surface area contributed by atoms with E-state index in [2.05, 4.69) is 10.2 Å². The Morgan fingerprint density at radius 2 is 1.75 bits per heavy atom. The lowest BCUT2D eigenvalue weighted by atomic mass is 10.0. The molecule has 0 spiro atoms. The monoisotopic (exact) mass is 437 g/mol. The van der Waals surface area contributed by atoms with Gasteiger partial charge in [-0.2, -0.15) is 10.4 Å². The third kappa shape index (κ3) is 5.82. The third-order valence-corrected chi connectivity index (χ3v) is 5.18. The maximum atomic E-state index is 13.2. The zero-order valence-corrected chi connectivity index (χ0v) is 19.3. The van der Waals surface area contributed by atoms with E-state index in [-0.39, 0.29) is 23.0 Å². The number of aromatic hydroxyl groups is 1. The molecule has 1 amide bonds. The molecule has 1 aromatic carbocycles. The topological polar surface area (TPSA) is 111 Å². The number of benzene rings is 1. The van der Waals surface area contributed by atoms with Gasteiger partial charge >= 0.3 is 0 Å². The molecule has 0 aliphatic heterocycles. The van der Waals surface area contributed by atoms with E-state index in [1.165, 1.54) is 9.47 Å². The number of rotatable bonds is 10. The maximum Gasteiger partial charge on any atom is 0.281 e. The van der Waals surface area contributed by atoms with Gasteiger partial charge in [0.1, 0.15) is 11.6 Å². The maximum absolute atomic E-state index is 13.2. The number of pyridine rings is 1. The van der Waals surface area contributed by atoms with Gasteiger partial charge in [-0.25, -0.2) is 0 Å². The Morgan fingerprint density at radius 3 is 2.31 bits per heavy atom. The molecule has 0 aliphatic carbocycles. The second-order valence-electron chi connectivity index (χ2n) is 7.85. The minimum Gasteiger partial charge on any atom is -0.493 e. The van der Waals surface area contributed by atoms with Crippen LogP contribution in [0.1, 0.15) is 67.4 Å². The number of amides is 1. The molecule has 0 fully saturated rings. The summed E-state index contributed by atoms with van der Waals surface area (Å²) in [5.41, 5.74) is 1.13. The summed E-state index contributed by atoms with van der Waals surface area (Å²) in [5, 5.41) is 28.7. The van der Waals surface area contributed by atoms with Crippen molar-refractivity contribution in [2.75, 3.05) is 14.1 Å². The molecular weight excluding hydrogens is 406 g/mol. The standard InChI is InChI=1S/C24H31N5O3/c1-5-7-9-15-29-23(31)20(16-25)19(10-8-6-2)21(24(29)32)27-26-18-13-11-17(12-14-18)22(30)28(3)4/h11-14,31H,5-10,15H2,1-4H3. The summed E-state index contributed by atoms with van der Waals surface area (Å²) in [6.07, 6.45) is 4.64. The molecule has 1 N–H and O–H groups in total. The average Bonchev–Trinajstić information content (AvgIpc) is 2.79. The van der Waals surface area contributed by atoms with Crippen molar-refractivity contribution in [1.29, 1.82) is 5.26 Å². The predicted molar refractivity (Wildman–Crippen MR) is 124 cm³/mol. The lowest BCUT2D eigenvalue weighted by molar-refractivity contribution is 0.0827. The highest BCUT2D eigenvalue weighted by Crippen LogP contribution is 2.29. The molecule has 32 heavy (non-hydrogen) atoms. The second kappa shape index (κ2) is 11.8. The number of aromatic nitrogens is 1. The molecule has 2 rings (SSSR count). The fourth-order valence-electron chi connectivity index (χ4n) is 3.32. The number of nitrogens with zero attached hydrogens (tertiary/aromatic N) is 5. The predicted octanol–water partition coefficient (Wildman–Crippen LogP) is 5.08. The van der Waals surface area contributed by atoms with Gasteiger partial charge in [0.25, 0.3) is 11.5 Å². The van der Waals surface area contributed by atoms with Gasteiger partial charge in [-0.1, -0.05) is 33.1 Å². The van der Waals surface area contributed by atoms with Crippen molar-refractivity contribution in [3.63, 3.8) is 0 Å².